The molecular formula is C17H18N2O3. The van der Waals surface area contributed by atoms with Crippen LogP contribution < -0.4 is 14.9 Å². The third-order valence-corrected chi connectivity index (χ3v) is 2.97. The first-order chi connectivity index (χ1) is 10.7. The summed E-state index contributed by atoms with van der Waals surface area (Å²) in [6, 6.07) is 14.9. The molecule has 0 bridgehead atoms. The lowest BCUT2D eigenvalue weighted by Crippen LogP contribution is -2.24. The molecule has 0 unspecified atom stereocenters. The van der Waals surface area contributed by atoms with Gasteiger partial charge in [-0.3, -0.25) is 4.79 Å². The highest BCUT2D eigenvalue weighted by molar-refractivity contribution is 5.83. The quantitative estimate of drug-likeness (QED) is 0.658. The van der Waals surface area contributed by atoms with Gasteiger partial charge in [-0.2, -0.15) is 5.10 Å². The highest BCUT2D eigenvalue weighted by Crippen LogP contribution is 2.15. The number of amides is 1. The Bertz CT molecular complexity index is 651. The second kappa shape index (κ2) is 7.83. The minimum atomic E-state index is -0.312. The molecule has 0 aliphatic carbocycles. The summed E-state index contributed by atoms with van der Waals surface area (Å²) < 4.78 is 10.5. The van der Waals surface area contributed by atoms with Crippen molar-refractivity contribution in [3.05, 3.63) is 59.7 Å². The van der Waals surface area contributed by atoms with Crippen LogP contribution in [-0.4, -0.2) is 25.8 Å². The minimum absolute atomic E-state index is 0.0786. The number of hydrogen-bond donors (Lipinski definition) is 1. The molecule has 0 aliphatic heterocycles. The van der Waals surface area contributed by atoms with E-state index >= 15 is 0 Å². The molecule has 0 radical (unpaired) electrons. The van der Waals surface area contributed by atoms with Gasteiger partial charge in [-0.05, 0) is 48.4 Å². The SMILES string of the molecule is COc1ccc(/C=N/NC(=O)COc2ccccc2C)cc1. The van der Waals surface area contributed by atoms with Crippen molar-refractivity contribution in [1.82, 2.24) is 5.43 Å². The van der Waals surface area contributed by atoms with Crippen LogP contribution in [0.25, 0.3) is 0 Å². The van der Waals surface area contributed by atoms with Gasteiger partial charge in [-0.1, -0.05) is 18.2 Å². The maximum Gasteiger partial charge on any atom is 0.277 e. The van der Waals surface area contributed by atoms with E-state index < -0.39 is 0 Å². The molecule has 0 saturated carbocycles. The van der Waals surface area contributed by atoms with E-state index in [9.17, 15) is 4.79 Å². The standard InChI is InChI=1S/C17H18N2O3/c1-13-5-3-4-6-16(13)22-12-17(20)19-18-11-14-7-9-15(21-2)10-8-14/h3-11H,12H2,1-2H3,(H,19,20)/b18-11+. The number of carbonyl (C=O) groups is 1. The van der Waals surface area contributed by atoms with Crippen LogP contribution in [0, 0.1) is 6.92 Å². The molecule has 0 aliphatic rings. The number of methoxy groups -OCH3 is 1. The molecule has 1 amide bonds. The summed E-state index contributed by atoms with van der Waals surface area (Å²) in [7, 11) is 1.61. The van der Waals surface area contributed by atoms with Gasteiger partial charge in [0.1, 0.15) is 11.5 Å². The molecule has 0 fully saturated rings. The van der Waals surface area contributed by atoms with Crippen molar-refractivity contribution in [3.8, 4) is 11.5 Å². The predicted molar refractivity (Wildman–Crippen MR) is 85.4 cm³/mol. The fourth-order valence-corrected chi connectivity index (χ4v) is 1.76. The van der Waals surface area contributed by atoms with E-state index in [1.807, 2.05) is 55.5 Å². The zero-order valence-electron chi connectivity index (χ0n) is 12.6. The number of benzene rings is 2. The average molecular weight is 298 g/mol. The Kier molecular flexibility index (Phi) is 5.54. The fourth-order valence-electron chi connectivity index (χ4n) is 1.76. The van der Waals surface area contributed by atoms with Gasteiger partial charge >= 0.3 is 0 Å². The third-order valence-electron chi connectivity index (χ3n) is 2.97. The van der Waals surface area contributed by atoms with Gasteiger partial charge < -0.3 is 9.47 Å². The first-order valence-electron chi connectivity index (χ1n) is 6.83. The lowest BCUT2D eigenvalue weighted by atomic mass is 10.2. The Morgan fingerprint density at radius 3 is 2.59 bits per heavy atom. The van der Waals surface area contributed by atoms with E-state index in [0.717, 1.165) is 16.9 Å². The molecule has 2 rings (SSSR count). The second-order valence-electron chi connectivity index (χ2n) is 4.62. The van der Waals surface area contributed by atoms with Crippen LogP contribution in [0.4, 0.5) is 0 Å². The van der Waals surface area contributed by atoms with E-state index in [1.54, 1.807) is 13.3 Å². The van der Waals surface area contributed by atoms with Gasteiger partial charge in [0.15, 0.2) is 6.61 Å². The number of hydrogen-bond acceptors (Lipinski definition) is 4. The highest BCUT2D eigenvalue weighted by atomic mass is 16.5. The van der Waals surface area contributed by atoms with E-state index in [2.05, 4.69) is 10.5 Å². The lowest BCUT2D eigenvalue weighted by Gasteiger charge is -2.07. The first-order valence-corrected chi connectivity index (χ1v) is 6.83. The number of ether oxygens (including phenoxy) is 2. The molecule has 114 valence electrons. The predicted octanol–water partition coefficient (Wildman–Crippen LogP) is 2.53. The molecule has 22 heavy (non-hydrogen) atoms. The average Bonchev–Trinajstić information content (AvgIpc) is 2.55. The maximum atomic E-state index is 11.6. The Hall–Kier alpha value is -2.82. The Labute approximate surface area is 129 Å². The number of aryl methyl sites for hydroxylation is 1. The van der Waals surface area contributed by atoms with Crippen molar-refractivity contribution in [3.63, 3.8) is 0 Å². The normalized spacial score (nSPS) is 10.5. The number of nitrogens with zero attached hydrogens (tertiary/aromatic N) is 1. The van der Waals surface area contributed by atoms with Crippen molar-refractivity contribution in [2.45, 2.75) is 6.92 Å². The maximum absolute atomic E-state index is 11.6. The lowest BCUT2D eigenvalue weighted by molar-refractivity contribution is -0.123. The van der Waals surface area contributed by atoms with Gasteiger partial charge in [0.2, 0.25) is 0 Å². The van der Waals surface area contributed by atoms with Crippen molar-refractivity contribution in [2.75, 3.05) is 13.7 Å². The van der Waals surface area contributed by atoms with Gasteiger partial charge in [-0.25, -0.2) is 5.43 Å². The number of rotatable bonds is 6. The van der Waals surface area contributed by atoms with Crippen LogP contribution in [0.5, 0.6) is 11.5 Å². The topological polar surface area (TPSA) is 59.9 Å². The van der Waals surface area contributed by atoms with Crippen molar-refractivity contribution in [1.29, 1.82) is 0 Å². The molecule has 2 aromatic carbocycles. The Morgan fingerprint density at radius 1 is 1.18 bits per heavy atom. The van der Waals surface area contributed by atoms with Gasteiger partial charge in [0.05, 0.1) is 13.3 Å². The molecule has 0 spiro atoms. The summed E-state index contributed by atoms with van der Waals surface area (Å²) in [4.78, 5) is 11.6. The first kappa shape index (κ1) is 15.6. The molecule has 5 nitrogen and oxygen atoms in total. The summed E-state index contributed by atoms with van der Waals surface area (Å²) in [5.41, 5.74) is 4.27. The minimum Gasteiger partial charge on any atom is -0.497 e. The Balaban J connectivity index is 1.79. The van der Waals surface area contributed by atoms with Crippen LogP contribution in [0.1, 0.15) is 11.1 Å². The van der Waals surface area contributed by atoms with Crippen molar-refractivity contribution < 1.29 is 14.3 Å². The second-order valence-corrected chi connectivity index (χ2v) is 4.62. The summed E-state index contributed by atoms with van der Waals surface area (Å²) in [6.07, 6.45) is 1.56. The van der Waals surface area contributed by atoms with Crippen LogP contribution >= 0.6 is 0 Å². The number of nitrogens with one attached hydrogen (secondary N) is 1. The van der Waals surface area contributed by atoms with Gasteiger partial charge in [0, 0.05) is 0 Å². The van der Waals surface area contributed by atoms with Crippen LogP contribution in [0.2, 0.25) is 0 Å². The van der Waals surface area contributed by atoms with Crippen molar-refractivity contribution >= 4 is 12.1 Å². The molecule has 0 aromatic heterocycles. The summed E-state index contributed by atoms with van der Waals surface area (Å²) in [5.74, 6) is 1.15. The summed E-state index contributed by atoms with van der Waals surface area (Å²) in [5, 5.41) is 3.89. The zero-order chi connectivity index (χ0) is 15.8. The molecule has 5 heteroatoms. The monoisotopic (exact) mass is 298 g/mol. The van der Waals surface area contributed by atoms with Crippen LogP contribution in [-0.2, 0) is 4.79 Å². The molecule has 0 atom stereocenters. The van der Waals surface area contributed by atoms with E-state index in [0.29, 0.717) is 5.75 Å². The molecule has 2 aromatic rings. The van der Waals surface area contributed by atoms with Gasteiger partial charge in [-0.15, -0.1) is 0 Å². The van der Waals surface area contributed by atoms with E-state index in [-0.39, 0.29) is 12.5 Å². The molecule has 0 saturated heterocycles. The number of hydrazone groups is 1. The molecular weight excluding hydrogens is 280 g/mol. The summed E-state index contributed by atoms with van der Waals surface area (Å²) >= 11 is 0. The number of para-hydroxylation sites is 1. The molecule has 0 heterocycles. The zero-order valence-corrected chi connectivity index (χ0v) is 12.6. The van der Waals surface area contributed by atoms with E-state index in [1.165, 1.54) is 0 Å². The smallest absolute Gasteiger partial charge is 0.277 e. The molecule has 1 N–H and O–H groups in total. The van der Waals surface area contributed by atoms with Crippen LogP contribution in [0.3, 0.4) is 0 Å². The van der Waals surface area contributed by atoms with Crippen molar-refractivity contribution in [2.24, 2.45) is 5.10 Å². The fraction of sp³-hybridized carbons (Fsp3) is 0.176. The Morgan fingerprint density at radius 2 is 1.91 bits per heavy atom. The highest BCUT2D eigenvalue weighted by Gasteiger charge is 2.03. The van der Waals surface area contributed by atoms with E-state index in [4.69, 9.17) is 9.47 Å². The summed E-state index contributed by atoms with van der Waals surface area (Å²) in [6.45, 7) is 1.85. The van der Waals surface area contributed by atoms with Crippen LogP contribution in [0.15, 0.2) is 53.6 Å². The largest absolute Gasteiger partial charge is 0.497 e. The van der Waals surface area contributed by atoms with Gasteiger partial charge in [0.25, 0.3) is 5.91 Å². The third kappa shape index (κ3) is 4.63. The number of carbonyl (C=O) groups excluding carboxylic acids is 1.